The van der Waals surface area contributed by atoms with Gasteiger partial charge in [-0.2, -0.15) is 0 Å². The Morgan fingerprint density at radius 1 is 1.00 bits per heavy atom. The van der Waals surface area contributed by atoms with E-state index in [2.05, 4.69) is 12.1 Å². The predicted octanol–water partition coefficient (Wildman–Crippen LogP) is 4.29. The molecule has 0 aliphatic heterocycles. The minimum Gasteiger partial charge on any atom is -0.507 e. The molecule has 0 fully saturated rings. The van der Waals surface area contributed by atoms with Crippen molar-refractivity contribution in [2.24, 2.45) is 0 Å². The number of aryl methyl sites for hydroxylation is 2. The van der Waals surface area contributed by atoms with Gasteiger partial charge in [0.25, 0.3) is 5.56 Å². The number of phenolic OH excluding ortho intramolecular Hbond substituents is 1. The number of aromatic hydroxyl groups is 1. The topological polar surface area (TPSA) is 55.1 Å². The monoisotopic (exact) mass is 348 g/mol. The highest BCUT2D eigenvalue weighted by Gasteiger charge is 2.19. The number of phenols is 1. The molecule has 0 radical (unpaired) electrons. The molecule has 0 aliphatic carbocycles. The minimum absolute atomic E-state index is 0.0262. The van der Waals surface area contributed by atoms with Gasteiger partial charge in [0.2, 0.25) is 0 Å². The highest BCUT2D eigenvalue weighted by atomic mass is 16.3. The summed E-state index contributed by atoms with van der Waals surface area (Å²) < 4.78 is 1.73. The first-order chi connectivity index (χ1) is 12.5. The van der Waals surface area contributed by atoms with Gasteiger partial charge in [-0.25, -0.2) is 4.98 Å². The normalized spacial score (nSPS) is 11.1. The van der Waals surface area contributed by atoms with Crippen LogP contribution in [0.3, 0.4) is 0 Å². The molecule has 0 atom stereocenters. The molecule has 3 aromatic rings. The first kappa shape index (κ1) is 17.9. The van der Waals surface area contributed by atoms with Crippen LogP contribution in [0.2, 0.25) is 0 Å². The molecule has 0 amide bonds. The standard InChI is InChI=1S/C22H24N2O2/c1-15(2)24-16(3)23-21(18-11-7-8-12-20(18)25)19(22(24)26)14-13-17-9-5-4-6-10-17/h4-12,15,25H,13-14H2,1-3H3. The zero-order valence-corrected chi connectivity index (χ0v) is 15.4. The Labute approximate surface area is 153 Å². The average molecular weight is 348 g/mol. The summed E-state index contributed by atoms with van der Waals surface area (Å²) in [6.07, 6.45) is 1.33. The van der Waals surface area contributed by atoms with Crippen LogP contribution in [0.15, 0.2) is 59.4 Å². The van der Waals surface area contributed by atoms with Crippen molar-refractivity contribution in [3.8, 4) is 17.0 Å². The minimum atomic E-state index is -0.0262. The van der Waals surface area contributed by atoms with Crippen molar-refractivity contribution >= 4 is 0 Å². The van der Waals surface area contributed by atoms with Gasteiger partial charge in [-0.05, 0) is 51.3 Å². The zero-order valence-electron chi connectivity index (χ0n) is 15.4. The summed E-state index contributed by atoms with van der Waals surface area (Å²) in [5, 5.41) is 10.3. The maximum atomic E-state index is 13.2. The largest absolute Gasteiger partial charge is 0.507 e. The van der Waals surface area contributed by atoms with Gasteiger partial charge in [0.05, 0.1) is 5.69 Å². The fraction of sp³-hybridized carbons (Fsp3) is 0.273. The van der Waals surface area contributed by atoms with Crippen molar-refractivity contribution in [2.45, 2.75) is 39.7 Å². The van der Waals surface area contributed by atoms with Gasteiger partial charge in [-0.1, -0.05) is 42.5 Å². The molecule has 1 N–H and O–H groups in total. The Morgan fingerprint density at radius 3 is 2.31 bits per heavy atom. The van der Waals surface area contributed by atoms with Crippen LogP contribution in [0.4, 0.5) is 0 Å². The Kier molecular flexibility index (Phi) is 5.21. The summed E-state index contributed by atoms with van der Waals surface area (Å²) in [5.74, 6) is 0.800. The zero-order chi connectivity index (χ0) is 18.7. The molecule has 134 valence electrons. The number of nitrogens with zero attached hydrogens (tertiary/aromatic N) is 2. The first-order valence-corrected chi connectivity index (χ1v) is 8.93. The van der Waals surface area contributed by atoms with Crippen molar-refractivity contribution < 1.29 is 5.11 Å². The summed E-state index contributed by atoms with van der Waals surface area (Å²) in [6, 6.07) is 17.2. The van der Waals surface area contributed by atoms with Gasteiger partial charge in [0.15, 0.2) is 0 Å². The molecule has 26 heavy (non-hydrogen) atoms. The Hall–Kier alpha value is -2.88. The average Bonchev–Trinajstić information content (AvgIpc) is 2.61. The van der Waals surface area contributed by atoms with Gasteiger partial charge < -0.3 is 5.11 Å². The van der Waals surface area contributed by atoms with Crippen molar-refractivity contribution in [1.82, 2.24) is 9.55 Å². The lowest BCUT2D eigenvalue weighted by atomic mass is 9.99. The Morgan fingerprint density at radius 2 is 1.65 bits per heavy atom. The SMILES string of the molecule is Cc1nc(-c2ccccc2O)c(CCc2ccccc2)c(=O)n1C(C)C. The number of para-hydroxylation sites is 1. The highest BCUT2D eigenvalue weighted by molar-refractivity contribution is 5.69. The van der Waals surface area contributed by atoms with E-state index in [1.165, 1.54) is 5.56 Å². The molecule has 0 aliphatic rings. The van der Waals surface area contributed by atoms with Gasteiger partial charge in [0, 0.05) is 17.2 Å². The molecular weight excluding hydrogens is 324 g/mol. The Bertz CT molecular complexity index is 960. The molecule has 3 rings (SSSR count). The first-order valence-electron chi connectivity index (χ1n) is 8.93. The van der Waals surface area contributed by atoms with E-state index in [-0.39, 0.29) is 17.4 Å². The quantitative estimate of drug-likeness (QED) is 0.748. The van der Waals surface area contributed by atoms with E-state index in [1.54, 1.807) is 16.7 Å². The third-order valence-corrected chi connectivity index (χ3v) is 4.57. The van der Waals surface area contributed by atoms with E-state index in [0.717, 1.165) is 6.42 Å². The second-order valence-corrected chi connectivity index (χ2v) is 6.76. The summed E-state index contributed by atoms with van der Waals surface area (Å²) >= 11 is 0. The number of benzene rings is 2. The van der Waals surface area contributed by atoms with Crippen LogP contribution in [0, 0.1) is 6.92 Å². The van der Waals surface area contributed by atoms with E-state index in [9.17, 15) is 9.90 Å². The maximum Gasteiger partial charge on any atom is 0.257 e. The highest BCUT2D eigenvalue weighted by Crippen LogP contribution is 2.29. The lowest BCUT2D eigenvalue weighted by molar-refractivity contribution is 0.476. The van der Waals surface area contributed by atoms with Crippen molar-refractivity contribution in [3.63, 3.8) is 0 Å². The number of rotatable bonds is 5. The van der Waals surface area contributed by atoms with E-state index in [4.69, 9.17) is 4.98 Å². The molecule has 1 heterocycles. The van der Waals surface area contributed by atoms with Crippen LogP contribution >= 0.6 is 0 Å². The number of aromatic nitrogens is 2. The molecule has 0 bridgehead atoms. The summed E-state index contributed by atoms with van der Waals surface area (Å²) in [6.45, 7) is 5.80. The van der Waals surface area contributed by atoms with Gasteiger partial charge in [-0.3, -0.25) is 9.36 Å². The van der Waals surface area contributed by atoms with Gasteiger partial charge in [0.1, 0.15) is 11.6 Å². The summed E-state index contributed by atoms with van der Waals surface area (Å²) in [4.78, 5) is 17.9. The smallest absolute Gasteiger partial charge is 0.257 e. The molecule has 4 nitrogen and oxygen atoms in total. The van der Waals surface area contributed by atoms with Crippen LogP contribution in [0.1, 0.15) is 36.8 Å². The van der Waals surface area contributed by atoms with Crippen LogP contribution in [0.5, 0.6) is 5.75 Å². The fourth-order valence-electron chi connectivity index (χ4n) is 3.32. The van der Waals surface area contributed by atoms with E-state index >= 15 is 0 Å². The predicted molar refractivity (Wildman–Crippen MR) is 105 cm³/mol. The van der Waals surface area contributed by atoms with Crippen molar-refractivity contribution in [1.29, 1.82) is 0 Å². The second kappa shape index (κ2) is 7.56. The molecule has 1 aromatic heterocycles. The molecular formula is C22H24N2O2. The molecule has 0 saturated heterocycles. The lowest BCUT2D eigenvalue weighted by Gasteiger charge is -2.18. The number of hydrogen-bond donors (Lipinski definition) is 1. The lowest BCUT2D eigenvalue weighted by Crippen LogP contribution is -2.29. The number of hydrogen-bond acceptors (Lipinski definition) is 3. The van der Waals surface area contributed by atoms with E-state index in [0.29, 0.717) is 29.1 Å². The van der Waals surface area contributed by atoms with Crippen LogP contribution in [-0.2, 0) is 12.8 Å². The molecule has 0 spiro atoms. The van der Waals surface area contributed by atoms with E-state index in [1.807, 2.05) is 51.1 Å². The molecule has 0 saturated carbocycles. The Balaban J connectivity index is 2.14. The second-order valence-electron chi connectivity index (χ2n) is 6.76. The molecule has 2 aromatic carbocycles. The van der Waals surface area contributed by atoms with Gasteiger partial charge in [-0.15, -0.1) is 0 Å². The molecule has 0 unspecified atom stereocenters. The third kappa shape index (κ3) is 3.54. The van der Waals surface area contributed by atoms with Crippen molar-refractivity contribution in [2.75, 3.05) is 0 Å². The van der Waals surface area contributed by atoms with Crippen LogP contribution < -0.4 is 5.56 Å². The maximum absolute atomic E-state index is 13.2. The fourth-order valence-corrected chi connectivity index (χ4v) is 3.32. The summed E-state index contributed by atoms with van der Waals surface area (Å²) in [5.41, 5.74) is 2.98. The third-order valence-electron chi connectivity index (χ3n) is 4.57. The summed E-state index contributed by atoms with van der Waals surface area (Å²) in [7, 11) is 0. The van der Waals surface area contributed by atoms with Gasteiger partial charge >= 0.3 is 0 Å². The van der Waals surface area contributed by atoms with Crippen LogP contribution in [0.25, 0.3) is 11.3 Å². The van der Waals surface area contributed by atoms with E-state index < -0.39 is 0 Å². The molecule has 4 heteroatoms. The van der Waals surface area contributed by atoms with Crippen LogP contribution in [-0.4, -0.2) is 14.7 Å². The van der Waals surface area contributed by atoms with Crippen molar-refractivity contribution in [3.05, 3.63) is 81.9 Å².